The van der Waals surface area contributed by atoms with Gasteiger partial charge in [-0.1, -0.05) is 17.7 Å². The van der Waals surface area contributed by atoms with E-state index in [0.29, 0.717) is 10.8 Å². The Bertz CT molecular complexity index is 471. The minimum atomic E-state index is 0.650. The normalized spacial score (nSPS) is 9.88. The second kappa shape index (κ2) is 5.10. The van der Waals surface area contributed by atoms with Gasteiger partial charge in [0.2, 0.25) is 0 Å². The van der Waals surface area contributed by atoms with Crippen LogP contribution in [0.25, 0.3) is 0 Å². The molecule has 2 rings (SSSR count). The predicted molar refractivity (Wildman–Crippen MR) is 67.4 cm³/mol. The number of hydrogen-bond acceptors (Lipinski definition) is 2. The maximum absolute atomic E-state index is 5.85. The molecule has 0 atom stereocenters. The van der Waals surface area contributed by atoms with Crippen molar-refractivity contribution in [1.82, 2.24) is 0 Å². The zero-order chi connectivity index (χ0) is 11.4. The van der Waals surface area contributed by atoms with Gasteiger partial charge >= 0.3 is 0 Å². The van der Waals surface area contributed by atoms with Gasteiger partial charge in [-0.3, -0.25) is 4.84 Å². The lowest BCUT2D eigenvalue weighted by molar-refractivity contribution is 0.483. The Hall–Kier alpha value is -1.38. The Morgan fingerprint density at radius 2 is 1.69 bits per heavy atom. The summed E-state index contributed by atoms with van der Waals surface area (Å²) in [6.45, 7) is 0. The van der Waals surface area contributed by atoms with Crippen molar-refractivity contribution in [1.29, 1.82) is 0 Å². The van der Waals surface area contributed by atoms with E-state index in [4.69, 9.17) is 28.1 Å². The lowest BCUT2D eigenvalue weighted by Gasteiger charge is -2.06. The van der Waals surface area contributed by atoms with Crippen molar-refractivity contribution in [3.05, 3.63) is 53.6 Å². The molecule has 0 radical (unpaired) electrons. The average molecular weight is 254 g/mol. The summed E-state index contributed by atoms with van der Waals surface area (Å²) in [7, 11) is 0. The van der Waals surface area contributed by atoms with E-state index in [0.717, 1.165) is 11.4 Å². The predicted octanol–water partition coefficient (Wildman–Crippen LogP) is 4.70. The van der Waals surface area contributed by atoms with Crippen LogP contribution >= 0.6 is 23.4 Å². The van der Waals surface area contributed by atoms with Crippen molar-refractivity contribution in [2.24, 2.45) is 0 Å². The van der Waals surface area contributed by atoms with E-state index in [9.17, 15) is 0 Å². The van der Waals surface area contributed by atoms with Gasteiger partial charge in [0.05, 0.1) is 0 Å². The molecule has 1 N–H and O–H groups in total. The second-order valence-corrected chi connectivity index (χ2v) is 3.80. The molecule has 4 heteroatoms. The lowest BCUT2D eigenvalue weighted by Crippen LogP contribution is -1.84. The van der Waals surface area contributed by atoms with Gasteiger partial charge in [0.15, 0.2) is 0 Å². The molecule has 0 aliphatic carbocycles. The van der Waals surface area contributed by atoms with Crippen LogP contribution in [0.4, 0.5) is 5.69 Å². The van der Waals surface area contributed by atoms with Crippen LogP contribution in [0.15, 0.2) is 48.5 Å². The molecular formula is C12H9Cl2NO. The molecule has 2 nitrogen and oxygen atoms in total. The molecule has 0 saturated heterocycles. The van der Waals surface area contributed by atoms with Crippen molar-refractivity contribution in [3.8, 4) is 11.5 Å². The van der Waals surface area contributed by atoms with Crippen LogP contribution in [-0.2, 0) is 0 Å². The number of anilines is 1. The minimum absolute atomic E-state index is 0.650. The SMILES string of the molecule is ClNc1ccc(Oc2cccc(Cl)c2)cc1. The first-order chi connectivity index (χ1) is 7.78. The van der Waals surface area contributed by atoms with Gasteiger partial charge in [0.1, 0.15) is 11.5 Å². The fourth-order valence-electron chi connectivity index (χ4n) is 1.25. The molecule has 2 aromatic carbocycles. The van der Waals surface area contributed by atoms with Crippen LogP contribution in [0, 0.1) is 0 Å². The van der Waals surface area contributed by atoms with Gasteiger partial charge in [0.25, 0.3) is 0 Å². The molecule has 0 aliphatic rings. The Labute approximate surface area is 104 Å². The third-order valence-electron chi connectivity index (χ3n) is 2.00. The Morgan fingerprint density at radius 3 is 2.31 bits per heavy atom. The molecule has 0 aromatic heterocycles. The molecule has 0 unspecified atom stereocenters. The molecule has 2 aromatic rings. The van der Waals surface area contributed by atoms with Crippen molar-refractivity contribution in [3.63, 3.8) is 0 Å². The van der Waals surface area contributed by atoms with Crippen LogP contribution in [0.3, 0.4) is 0 Å². The molecule has 0 heterocycles. The number of nitrogens with one attached hydrogen (secondary N) is 1. The minimum Gasteiger partial charge on any atom is -0.457 e. The van der Waals surface area contributed by atoms with Crippen molar-refractivity contribution < 1.29 is 4.74 Å². The molecule has 0 bridgehead atoms. The highest BCUT2D eigenvalue weighted by Crippen LogP contribution is 2.25. The van der Waals surface area contributed by atoms with Crippen molar-refractivity contribution >= 4 is 29.1 Å². The summed E-state index contributed by atoms with van der Waals surface area (Å²) in [5.41, 5.74) is 0.820. The third-order valence-corrected chi connectivity index (χ3v) is 2.45. The first-order valence-corrected chi connectivity index (χ1v) is 5.43. The van der Waals surface area contributed by atoms with Crippen LogP contribution in [-0.4, -0.2) is 0 Å². The quantitative estimate of drug-likeness (QED) is 0.801. The van der Waals surface area contributed by atoms with Gasteiger partial charge in [-0.15, -0.1) is 0 Å². The standard InChI is InChI=1S/C12H9Cl2NO/c13-9-2-1-3-12(8-9)16-11-6-4-10(15-14)5-7-11/h1-8,15H. The van der Waals surface area contributed by atoms with Crippen LogP contribution < -0.4 is 9.57 Å². The Morgan fingerprint density at radius 1 is 0.938 bits per heavy atom. The average Bonchev–Trinajstić information content (AvgIpc) is 2.30. The van der Waals surface area contributed by atoms with Gasteiger partial charge in [0, 0.05) is 22.5 Å². The zero-order valence-electron chi connectivity index (χ0n) is 8.28. The molecule has 16 heavy (non-hydrogen) atoms. The first-order valence-electron chi connectivity index (χ1n) is 4.68. The van der Waals surface area contributed by atoms with Crippen LogP contribution in [0.5, 0.6) is 11.5 Å². The van der Waals surface area contributed by atoms with E-state index in [1.165, 1.54) is 0 Å². The van der Waals surface area contributed by atoms with E-state index in [1.54, 1.807) is 12.1 Å². The first kappa shape index (κ1) is 11.1. The maximum atomic E-state index is 5.85. The molecule has 0 spiro atoms. The lowest BCUT2D eigenvalue weighted by atomic mass is 10.3. The van der Waals surface area contributed by atoms with E-state index < -0.39 is 0 Å². The number of rotatable bonds is 3. The van der Waals surface area contributed by atoms with E-state index >= 15 is 0 Å². The number of benzene rings is 2. The van der Waals surface area contributed by atoms with Gasteiger partial charge in [-0.25, -0.2) is 0 Å². The summed E-state index contributed by atoms with van der Waals surface area (Å²) < 4.78 is 5.60. The summed E-state index contributed by atoms with van der Waals surface area (Å²) in [4.78, 5) is 2.52. The summed E-state index contributed by atoms with van der Waals surface area (Å²) in [6, 6.07) is 14.5. The highest BCUT2D eigenvalue weighted by atomic mass is 35.5. The molecule has 0 fully saturated rings. The highest BCUT2D eigenvalue weighted by molar-refractivity contribution is 6.30. The maximum Gasteiger partial charge on any atom is 0.128 e. The van der Waals surface area contributed by atoms with E-state index in [-0.39, 0.29) is 0 Å². The van der Waals surface area contributed by atoms with Crippen molar-refractivity contribution in [2.45, 2.75) is 0 Å². The molecule has 0 saturated carbocycles. The van der Waals surface area contributed by atoms with E-state index in [2.05, 4.69) is 4.84 Å². The fourth-order valence-corrected chi connectivity index (χ4v) is 1.56. The summed E-state index contributed by atoms with van der Waals surface area (Å²) in [5, 5.41) is 0.650. The van der Waals surface area contributed by atoms with Gasteiger partial charge in [-0.2, -0.15) is 0 Å². The van der Waals surface area contributed by atoms with Crippen LogP contribution in [0.1, 0.15) is 0 Å². The molecule has 0 amide bonds. The third kappa shape index (κ3) is 2.81. The Kier molecular flexibility index (Phi) is 3.54. The zero-order valence-corrected chi connectivity index (χ0v) is 9.79. The largest absolute Gasteiger partial charge is 0.457 e. The number of ether oxygens (including phenoxy) is 1. The summed E-state index contributed by atoms with van der Waals surface area (Å²) in [6.07, 6.45) is 0. The van der Waals surface area contributed by atoms with Gasteiger partial charge < -0.3 is 4.74 Å². The summed E-state index contributed by atoms with van der Waals surface area (Å²) >= 11 is 11.3. The molecule has 0 aliphatic heterocycles. The number of halogens is 2. The van der Waals surface area contributed by atoms with Gasteiger partial charge in [-0.05, 0) is 42.5 Å². The number of hydrogen-bond donors (Lipinski definition) is 1. The monoisotopic (exact) mass is 253 g/mol. The Balaban J connectivity index is 2.14. The topological polar surface area (TPSA) is 21.3 Å². The fraction of sp³-hybridized carbons (Fsp3) is 0. The van der Waals surface area contributed by atoms with Crippen LogP contribution in [0.2, 0.25) is 5.02 Å². The summed E-state index contributed by atoms with van der Waals surface area (Å²) in [5.74, 6) is 1.44. The van der Waals surface area contributed by atoms with E-state index in [1.807, 2.05) is 36.4 Å². The molecular weight excluding hydrogens is 245 g/mol. The smallest absolute Gasteiger partial charge is 0.128 e. The molecule has 82 valence electrons. The van der Waals surface area contributed by atoms with Crippen molar-refractivity contribution in [2.75, 3.05) is 4.84 Å². The second-order valence-electron chi connectivity index (χ2n) is 3.18. The highest BCUT2D eigenvalue weighted by Gasteiger charge is 1.98.